The molecule has 0 atom stereocenters. The summed E-state index contributed by atoms with van der Waals surface area (Å²) in [5.41, 5.74) is 5.03. The van der Waals surface area contributed by atoms with Crippen molar-refractivity contribution in [3.8, 4) is 22.4 Å². The molecular weight excluding hydrogens is 350 g/mol. The molecule has 0 bridgehead atoms. The summed E-state index contributed by atoms with van der Waals surface area (Å²) in [5.74, 6) is 0. The highest BCUT2D eigenvalue weighted by Crippen LogP contribution is 2.33. The molecule has 7 nitrogen and oxygen atoms in total. The minimum absolute atomic E-state index is 0.294. The number of nitrogens with zero attached hydrogens (tertiary/aromatic N) is 4. The number of H-pyrrole nitrogens is 1. The van der Waals surface area contributed by atoms with Gasteiger partial charge < -0.3 is 0 Å². The number of aromatic amines is 1. The van der Waals surface area contributed by atoms with Crippen molar-refractivity contribution in [2.45, 2.75) is 11.8 Å². The summed E-state index contributed by atoms with van der Waals surface area (Å²) in [6.45, 7) is 1.94. The maximum atomic E-state index is 11.7. The highest BCUT2D eigenvalue weighted by Gasteiger charge is 2.15. The summed E-state index contributed by atoms with van der Waals surface area (Å²) in [7, 11) is -1.38. The van der Waals surface area contributed by atoms with E-state index in [1.54, 1.807) is 23.0 Å². The second kappa shape index (κ2) is 5.77. The highest BCUT2D eigenvalue weighted by atomic mass is 32.2. The van der Waals surface area contributed by atoms with Gasteiger partial charge in [0, 0.05) is 36.1 Å². The van der Waals surface area contributed by atoms with Crippen molar-refractivity contribution in [2.24, 2.45) is 7.05 Å². The molecule has 8 heteroatoms. The minimum Gasteiger partial charge on any atom is -0.280 e. The average molecular weight is 367 g/mol. The molecular formula is C18H17N5O2S. The van der Waals surface area contributed by atoms with Crippen molar-refractivity contribution in [3.63, 3.8) is 0 Å². The molecule has 3 aromatic heterocycles. The molecule has 1 aromatic carbocycles. The second-order valence-electron chi connectivity index (χ2n) is 6.30. The number of hydrogen-bond donors (Lipinski definition) is 1. The Balaban J connectivity index is 1.94. The van der Waals surface area contributed by atoms with Crippen LogP contribution in [0.25, 0.3) is 33.4 Å². The fraction of sp³-hybridized carbons (Fsp3) is 0.167. The first kappa shape index (κ1) is 16.5. The molecule has 0 aliphatic carbocycles. The average Bonchev–Trinajstić information content (AvgIpc) is 3.20. The van der Waals surface area contributed by atoms with Crippen LogP contribution in [0.15, 0.2) is 47.6 Å². The van der Waals surface area contributed by atoms with Gasteiger partial charge in [0.2, 0.25) is 0 Å². The summed E-state index contributed by atoms with van der Waals surface area (Å²) in [4.78, 5) is 4.93. The van der Waals surface area contributed by atoms with Crippen LogP contribution in [-0.2, 0) is 16.9 Å². The van der Waals surface area contributed by atoms with Crippen LogP contribution < -0.4 is 0 Å². The molecule has 26 heavy (non-hydrogen) atoms. The van der Waals surface area contributed by atoms with Crippen molar-refractivity contribution in [1.29, 1.82) is 0 Å². The largest absolute Gasteiger partial charge is 0.280 e. The van der Waals surface area contributed by atoms with E-state index in [4.69, 9.17) is 0 Å². The molecule has 4 aromatic rings. The lowest BCUT2D eigenvalue weighted by Crippen LogP contribution is -1.96. The van der Waals surface area contributed by atoms with Crippen LogP contribution in [-0.4, -0.2) is 39.6 Å². The Hall–Kier alpha value is -3.00. The number of aryl methyl sites for hydroxylation is 2. The maximum absolute atomic E-state index is 11.7. The Kier molecular flexibility index (Phi) is 3.66. The SMILES string of the molecule is Cc1[nH]nc2nc(-c3cnn(C)c3)cc(-c3ccc(S(C)(=O)=O)cc3)c12. The number of nitrogens with one attached hydrogen (secondary N) is 1. The molecule has 0 saturated heterocycles. The molecule has 0 radical (unpaired) electrons. The molecule has 1 N–H and O–H groups in total. The van der Waals surface area contributed by atoms with Crippen molar-refractivity contribution in [2.75, 3.05) is 6.26 Å². The fourth-order valence-corrected chi connectivity index (χ4v) is 3.62. The normalized spacial score (nSPS) is 12.0. The van der Waals surface area contributed by atoms with E-state index in [0.29, 0.717) is 10.5 Å². The molecule has 0 fully saturated rings. The smallest absolute Gasteiger partial charge is 0.182 e. The van der Waals surface area contributed by atoms with Crippen LogP contribution >= 0.6 is 0 Å². The monoisotopic (exact) mass is 367 g/mol. The number of hydrogen-bond acceptors (Lipinski definition) is 5. The Morgan fingerprint density at radius 3 is 2.46 bits per heavy atom. The van der Waals surface area contributed by atoms with E-state index in [2.05, 4.69) is 20.3 Å². The Morgan fingerprint density at radius 2 is 1.85 bits per heavy atom. The first-order valence-corrected chi connectivity index (χ1v) is 9.87. The predicted octanol–water partition coefficient (Wildman–Crippen LogP) is 2.74. The number of rotatable bonds is 3. The third kappa shape index (κ3) is 2.78. The first-order chi connectivity index (χ1) is 12.3. The van der Waals surface area contributed by atoms with Crippen LogP contribution in [0.5, 0.6) is 0 Å². The molecule has 0 amide bonds. The van der Waals surface area contributed by atoms with Gasteiger partial charge in [0.25, 0.3) is 0 Å². The highest BCUT2D eigenvalue weighted by molar-refractivity contribution is 7.90. The lowest BCUT2D eigenvalue weighted by Gasteiger charge is -2.08. The zero-order chi connectivity index (χ0) is 18.5. The molecule has 4 rings (SSSR count). The van der Waals surface area contributed by atoms with Gasteiger partial charge in [-0.1, -0.05) is 12.1 Å². The lowest BCUT2D eigenvalue weighted by molar-refractivity contribution is 0.602. The number of sulfone groups is 1. The number of fused-ring (bicyclic) bond motifs is 1. The summed E-state index contributed by atoms with van der Waals surface area (Å²) >= 11 is 0. The lowest BCUT2D eigenvalue weighted by atomic mass is 10.0. The molecule has 3 heterocycles. The van der Waals surface area contributed by atoms with E-state index in [-0.39, 0.29) is 0 Å². The van der Waals surface area contributed by atoms with Gasteiger partial charge in [-0.3, -0.25) is 9.78 Å². The molecule has 0 spiro atoms. The van der Waals surface area contributed by atoms with E-state index in [1.165, 1.54) is 6.26 Å². The van der Waals surface area contributed by atoms with Crippen molar-refractivity contribution >= 4 is 20.9 Å². The van der Waals surface area contributed by atoms with Gasteiger partial charge in [0.05, 0.1) is 16.8 Å². The molecule has 0 aliphatic heterocycles. The van der Waals surface area contributed by atoms with Crippen molar-refractivity contribution in [3.05, 3.63) is 48.4 Å². The fourth-order valence-electron chi connectivity index (χ4n) is 2.99. The van der Waals surface area contributed by atoms with E-state index >= 15 is 0 Å². The van der Waals surface area contributed by atoms with E-state index in [0.717, 1.165) is 33.5 Å². The molecule has 0 saturated carbocycles. The van der Waals surface area contributed by atoms with Crippen LogP contribution in [0.4, 0.5) is 0 Å². The van der Waals surface area contributed by atoms with Crippen molar-refractivity contribution in [1.82, 2.24) is 25.0 Å². The van der Waals surface area contributed by atoms with Gasteiger partial charge >= 0.3 is 0 Å². The maximum Gasteiger partial charge on any atom is 0.182 e. The summed E-state index contributed by atoms with van der Waals surface area (Å²) in [6, 6.07) is 8.85. The summed E-state index contributed by atoms with van der Waals surface area (Å²) in [6.07, 6.45) is 4.85. The second-order valence-corrected chi connectivity index (χ2v) is 8.32. The van der Waals surface area contributed by atoms with E-state index in [9.17, 15) is 8.42 Å². The number of aromatic nitrogens is 5. The van der Waals surface area contributed by atoms with Gasteiger partial charge in [-0.15, -0.1) is 0 Å². The minimum atomic E-state index is -3.23. The number of pyridine rings is 1. The van der Waals surface area contributed by atoms with Gasteiger partial charge in [0.1, 0.15) is 0 Å². The van der Waals surface area contributed by atoms with Gasteiger partial charge in [-0.2, -0.15) is 10.2 Å². The van der Waals surface area contributed by atoms with Gasteiger partial charge in [-0.05, 0) is 36.2 Å². The third-order valence-electron chi connectivity index (χ3n) is 4.30. The van der Waals surface area contributed by atoms with Gasteiger partial charge in [0.15, 0.2) is 15.5 Å². The van der Waals surface area contributed by atoms with Gasteiger partial charge in [-0.25, -0.2) is 13.4 Å². The van der Waals surface area contributed by atoms with Crippen molar-refractivity contribution < 1.29 is 8.42 Å². The third-order valence-corrected chi connectivity index (χ3v) is 5.43. The number of benzene rings is 1. The Bertz CT molecular complexity index is 1220. The standard InChI is InChI=1S/C18H17N5O2S/c1-11-17-15(12-4-6-14(7-5-12)26(3,24)25)8-16(20-18(17)22-21-11)13-9-19-23(2)10-13/h4-10H,1-3H3,(H,20,21,22). The van der Waals surface area contributed by atoms with Crippen LogP contribution in [0.3, 0.4) is 0 Å². The summed E-state index contributed by atoms with van der Waals surface area (Å²) in [5, 5.41) is 12.4. The van der Waals surface area contributed by atoms with Crippen LogP contribution in [0.1, 0.15) is 5.69 Å². The van der Waals surface area contributed by atoms with E-state index < -0.39 is 9.84 Å². The van der Waals surface area contributed by atoms with Crippen LogP contribution in [0, 0.1) is 6.92 Å². The summed E-state index contributed by atoms with van der Waals surface area (Å²) < 4.78 is 25.1. The predicted molar refractivity (Wildman–Crippen MR) is 99.4 cm³/mol. The molecule has 0 unspecified atom stereocenters. The zero-order valence-electron chi connectivity index (χ0n) is 14.6. The zero-order valence-corrected chi connectivity index (χ0v) is 15.4. The quantitative estimate of drug-likeness (QED) is 0.601. The topological polar surface area (TPSA) is 93.5 Å². The van der Waals surface area contributed by atoms with E-state index in [1.807, 2.05) is 38.4 Å². The Morgan fingerprint density at radius 1 is 1.12 bits per heavy atom. The first-order valence-electron chi connectivity index (χ1n) is 7.98. The molecule has 0 aliphatic rings. The molecule has 132 valence electrons. The van der Waals surface area contributed by atoms with Crippen LogP contribution in [0.2, 0.25) is 0 Å². The Labute approximate surface area is 150 Å².